The first-order chi connectivity index (χ1) is 11.8. The molecule has 1 unspecified atom stereocenters. The fourth-order valence-corrected chi connectivity index (χ4v) is 2.67. The van der Waals surface area contributed by atoms with Gasteiger partial charge in [0.25, 0.3) is 0 Å². The number of ether oxygens (including phenoxy) is 1. The van der Waals surface area contributed by atoms with E-state index in [4.69, 9.17) is 10.00 Å². The van der Waals surface area contributed by atoms with E-state index < -0.39 is 0 Å². The highest BCUT2D eigenvalue weighted by Gasteiger charge is 2.28. The molecule has 1 fully saturated rings. The van der Waals surface area contributed by atoms with Crippen molar-refractivity contribution in [2.45, 2.75) is 32.1 Å². The van der Waals surface area contributed by atoms with E-state index in [-0.39, 0.29) is 6.10 Å². The molecule has 4 heteroatoms. The lowest BCUT2D eigenvalue weighted by Crippen LogP contribution is -2.27. The van der Waals surface area contributed by atoms with Gasteiger partial charge in [0, 0.05) is 18.7 Å². The number of nitrogens with one attached hydrogen (secondary N) is 1. The Kier molecular flexibility index (Phi) is 5.47. The normalized spacial score (nSPS) is 14.8. The van der Waals surface area contributed by atoms with Crippen LogP contribution in [0.2, 0.25) is 0 Å². The summed E-state index contributed by atoms with van der Waals surface area (Å²) in [4.78, 5) is 0. The number of hydrogen-bond donors (Lipinski definition) is 2. The lowest BCUT2D eigenvalue weighted by Gasteiger charge is -2.12. The molecule has 1 saturated carbocycles. The van der Waals surface area contributed by atoms with E-state index in [2.05, 4.69) is 11.4 Å². The van der Waals surface area contributed by atoms with Crippen LogP contribution in [0.3, 0.4) is 0 Å². The lowest BCUT2D eigenvalue weighted by atomic mass is 10.1. The minimum absolute atomic E-state index is 0.230. The van der Waals surface area contributed by atoms with Crippen molar-refractivity contribution in [2.24, 2.45) is 5.92 Å². The fourth-order valence-electron chi connectivity index (χ4n) is 2.67. The molecule has 124 valence electrons. The molecular weight excluding hydrogens is 300 g/mol. The van der Waals surface area contributed by atoms with Crippen molar-refractivity contribution in [2.75, 3.05) is 6.54 Å². The molecule has 0 spiro atoms. The fraction of sp³-hybridized carbons (Fsp3) is 0.350. The summed E-state index contributed by atoms with van der Waals surface area (Å²) in [6, 6.07) is 17.5. The third kappa shape index (κ3) is 4.58. The first-order valence-electron chi connectivity index (χ1n) is 8.35. The molecule has 0 amide bonds. The molecule has 1 aliphatic carbocycles. The van der Waals surface area contributed by atoms with Crippen LogP contribution in [0.5, 0.6) is 5.75 Å². The van der Waals surface area contributed by atoms with Gasteiger partial charge in [-0.2, -0.15) is 5.26 Å². The second kappa shape index (κ2) is 7.96. The average molecular weight is 322 g/mol. The van der Waals surface area contributed by atoms with E-state index in [9.17, 15) is 5.11 Å². The Morgan fingerprint density at radius 1 is 1.21 bits per heavy atom. The van der Waals surface area contributed by atoms with Gasteiger partial charge in [0.2, 0.25) is 0 Å². The van der Waals surface area contributed by atoms with Gasteiger partial charge < -0.3 is 15.2 Å². The molecule has 2 N–H and O–H groups in total. The number of nitriles is 1. The van der Waals surface area contributed by atoms with Crippen LogP contribution in [0, 0.1) is 17.2 Å². The monoisotopic (exact) mass is 322 g/mol. The van der Waals surface area contributed by atoms with E-state index >= 15 is 0 Å². The maximum Gasteiger partial charge on any atom is 0.120 e. The molecule has 0 saturated heterocycles. The second-order valence-electron chi connectivity index (χ2n) is 6.24. The topological polar surface area (TPSA) is 65.3 Å². The predicted octanol–water partition coefficient (Wildman–Crippen LogP) is 3.00. The van der Waals surface area contributed by atoms with E-state index in [0.717, 1.165) is 29.7 Å². The standard InChI is InChI=1S/C20H22N2O2/c21-11-17-5-1-2-6-18(17)14-24-19-7-3-4-15(10-19)12-22-13-20(23)16-8-9-16/h1-7,10,16,20,22-23H,8-9,12-14H2. The number of nitrogens with zero attached hydrogens (tertiary/aromatic N) is 1. The van der Waals surface area contributed by atoms with Crippen molar-refractivity contribution < 1.29 is 9.84 Å². The SMILES string of the molecule is N#Cc1ccccc1COc1cccc(CNCC(O)C2CC2)c1. The summed E-state index contributed by atoms with van der Waals surface area (Å²) in [5.74, 6) is 1.28. The minimum Gasteiger partial charge on any atom is -0.489 e. The van der Waals surface area contributed by atoms with Crippen LogP contribution < -0.4 is 10.1 Å². The molecule has 0 radical (unpaired) electrons. The third-order valence-electron chi connectivity index (χ3n) is 4.28. The first kappa shape index (κ1) is 16.5. The Hall–Kier alpha value is -2.35. The van der Waals surface area contributed by atoms with E-state index in [1.54, 1.807) is 6.07 Å². The van der Waals surface area contributed by atoms with Crippen molar-refractivity contribution in [3.63, 3.8) is 0 Å². The van der Waals surface area contributed by atoms with E-state index in [1.165, 1.54) is 0 Å². The van der Waals surface area contributed by atoms with Gasteiger partial charge in [0.05, 0.1) is 17.7 Å². The minimum atomic E-state index is -0.230. The van der Waals surface area contributed by atoms with Crippen molar-refractivity contribution in [3.05, 3.63) is 65.2 Å². The maximum atomic E-state index is 9.87. The largest absolute Gasteiger partial charge is 0.489 e. The molecular formula is C20H22N2O2. The maximum absolute atomic E-state index is 9.87. The summed E-state index contributed by atoms with van der Waals surface area (Å²) >= 11 is 0. The zero-order chi connectivity index (χ0) is 16.8. The van der Waals surface area contributed by atoms with Crippen molar-refractivity contribution in [3.8, 4) is 11.8 Å². The van der Waals surface area contributed by atoms with Gasteiger partial charge in [0.15, 0.2) is 0 Å². The molecule has 0 aliphatic heterocycles. The Morgan fingerprint density at radius 2 is 2.04 bits per heavy atom. The molecule has 4 nitrogen and oxygen atoms in total. The number of benzene rings is 2. The Morgan fingerprint density at radius 3 is 2.83 bits per heavy atom. The molecule has 2 aromatic carbocycles. The quantitative estimate of drug-likeness (QED) is 0.784. The van der Waals surface area contributed by atoms with Gasteiger partial charge >= 0.3 is 0 Å². The van der Waals surface area contributed by atoms with Crippen LogP contribution in [0.1, 0.15) is 29.5 Å². The number of aliphatic hydroxyl groups is 1. The summed E-state index contributed by atoms with van der Waals surface area (Å²) in [6.07, 6.45) is 2.07. The van der Waals surface area contributed by atoms with Crippen LogP contribution >= 0.6 is 0 Å². The molecule has 1 aliphatic rings. The van der Waals surface area contributed by atoms with Gasteiger partial charge in [-0.1, -0.05) is 30.3 Å². The summed E-state index contributed by atoms with van der Waals surface area (Å²) in [5, 5.41) is 22.3. The highest BCUT2D eigenvalue weighted by atomic mass is 16.5. The molecule has 24 heavy (non-hydrogen) atoms. The van der Waals surface area contributed by atoms with Crippen LogP contribution in [-0.2, 0) is 13.2 Å². The molecule has 0 bridgehead atoms. The molecule has 3 rings (SSSR count). The Balaban J connectivity index is 1.52. The number of hydrogen-bond acceptors (Lipinski definition) is 4. The average Bonchev–Trinajstić information content (AvgIpc) is 3.46. The van der Waals surface area contributed by atoms with Gasteiger partial charge in [-0.05, 0) is 42.5 Å². The van der Waals surface area contributed by atoms with Gasteiger partial charge in [-0.15, -0.1) is 0 Å². The van der Waals surface area contributed by atoms with Crippen LogP contribution in [0.15, 0.2) is 48.5 Å². The Bertz CT molecular complexity index is 720. The van der Waals surface area contributed by atoms with Gasteiger partial charge in [0.1, 0.15) is 12.4 Å². The zero-order valence-electron chi connectivity index (χ0n) is 13.6. The highest BCUT2D eigenvalue weighted by Crippen LogP contribution is 2.32. The van der Waals surface area contributed by atoms with E-state index in [0.29, 0.717) is 31.2 Å². The lowest BCUT2D eigenvalue weighted by molar-refractivity contribution is 0.148. The van der Waals surface area contributed by atoms with Gasteiger partial charge in [-0.25, -0.2) is 0 Å². The molecule has 1 atom stereocenters. The molecule has 0 aromatic heterocycles. The second-order valence-corrected chi connectivity index (χ2v) is 6.24. The number of aliphatic hydroxyl groups excluding tert-OH is 1. The van der Waals surface area contributed by atoms with Crippen LogP contribution in [-0.4, -0.2) is 17.8 Å². The summed E-state index contributed by atoms with van der Waals surface area (Å²) in [6.45, 7) is 1.71. The first-order valence-corrected chi connectivity index (χ1v) is 8.35. The van der Waals surface area contributed by atoms with Crippen molar-refractivity contribution >= 4 is 0 Å². The molecule has 0 heterocycles. The third-order valence-corrected chi connectivity index (χ3v) is 4.28. The smallest absolute Gasteiger partial charge is 0.120 e. The summed E-state index contributed by atoms with van der Waals surface area (Å²) in [5.41, 5.74) is 2.64. The van der Waals surface area contributed by atoms with Crippen LogP contribution in [0.4, 0.5) is 0 Å². The zero-order valence-corrected chi connectivity index (χ0v) is 13.6. The summed E-state index contributed by atoms with van der Waals surface area (Å²) in [7, 11) is 0. The molecule has 2 aromatic rings. The summed E-state index contributed by atoms with van der Waals surface area (Å²) < 4.78 is 5.82. The predicted molar refractivity (Wildman–Crippen MR) is 92.4 cm³/mol. The Labute approximate surface area is 142 Å². The van der Waals surface area contributed by atoms with Gasteiger partial charge in [-0.3, -0.25) is 0 Å². The van der Waals surface area contributed by atoms with E-state index in [1.807, 2.05) is 42.5 Å². The van der Waals surface area contributed by atoms with Crippen molar-refractivity contribution in [1.82, 2.24) is 5.32 Å². The number of rotatable bonds is 8. The van der Waals surface area contributed by atoms with Crippen LogP contribution in [0.25, 0.3) is 0 Å². The van der Waals surface area contributed by atoms with Crippen molar-refractivity contribution in [1.29, 1.82) is 5.26 Å². The highest BCUT2D eigenvalue weighted by molar-refractivity contribution is 5.37.